The number of piperidine rings is 1. The molecule has 3 aliphatic heterocycles. The smallest absolute Gasteiger partial charge is 0.253 e. The Bertz CT molecular complexity index is 740. The van der Waals surface area contributed by atoms with Crippen LogP contribution in [0, 0.1) is 5.92 Å². The Labute approximate surface area is 170 Å². The fourth-order valence-electron chi connectivity index (χ4n) is 4.77. The maximum atomic E-state index is 15.2. The first-order chi connectivity index (χ1) is 13.2. The minimum absolute atomic E-state index is 0.245. The number of amides is 1. The number of carbonyl (C=O) groups is 1. The van der Waals surface area contributed by atoms with Gasteiger partial charge in [-0.05, 0) is 38.3 Å². The fourth-order valence-corrected chi connectivity index (χ4v) is 5.94. The predicted octanol–water partition coefficient (Wildman–Crippen LogP) is 2.70. The SMILES string of the molecule is CCc1cc2c(s1)CCO[C@@]21CCN(CC2CN(C(=O)C(C)(C)O)C2)[C@@H](F)C1. The molecule has 2 saturated heterocycles. The monoisotopic (exact) mass is 410 g/mol. The van der Waals surface area contributed by atoms with E-state index >= 15 is 4.39 Å². The molecule has 5 nitrogen and oxygen atoms in total. The Hall–Kier alpha value is -1.02. The molecule has 0 aliphatic carbocycles. The maximum Gasteiger partial charge on any atom is 0.253 e. The number of halogens is 1. The Balaban J connectivity index is 1.36. The van der Waals surface area contributed by atoms with Crippen molar-refractivity contribution in [1.82, 2.24) is 9.80 Å². The first-order valence-electron chi connectivity index (χ1n) is 10.4. The second-order valence-electron chi connectivity index (χ2n) is 9.01. The third kappa shape index (κ3) is 3.62. The third-order valence-corrected chi connectivity index (χ3v) is 7.70. The van der Waals surface area contributed by atoms with Crippen LogP contribution in [-0.2, 0) is 28.0 Å². The molecule has 0 unspecified atom stereocenters. The summed E-state index contributed by atoms with van der Waals surface area (Å²) < 4.78 is 21.4. The summed E-state index contributed by atoms with van der Waals surface area (Å²) in [7, 11) is 0. The van der Waals surface area contributed by atoms with Gasteiger partial charge in [0, 0.05) is 54.7 Å². The van der Waals surface area contributed by atoms with Crippen LogP contribution in [0.5, 0.6) is 0 Å². The van der Waals surface area contributed by atoms with Crippen molar-refractivity contribution in [3.05, 3.63) is 21.4 Å². The van der Waals surface area contributed by atoms with Crippen LogP contribution in [-0.4, -0.2) is 65.5 Å². The van der Waals surface area contributed by atoms with E-state index in [2.05, 4.69) is 13.0 Å². The van der Waals surface area contributed by atoms with Crippen LogP contribution >= 0.6 is 11.3 Å². The van der Waals surface area contributed by atoms with E-state index in [0.717, 1.165) is 19.3 Å². The molecule has 0 bridgehead atoms. The standard InChI is InChI=1S/C21H31FN2O3S/c1-4-15-9-16-17(28-15)5-8-27-21(16)6-7-23(18(22)10-21)11-14-12-24(13-14)19(25)20(2,3)26/h9,14,18,26H,4-8,10-13H2,1-3H3/t18-,21-/m1/s1. The molecular formula is C21H31FN2O3S. The summed E-state index contributed by atoms with van der Waals surface area (Å²) in [5, 5.41) is 9.84. The molecule has 28 heavy (non-hydrogen) atoms. The average Bonchev–Trinajstić information content (AvgIpc) is 3.03. The van der Waals surface area contributed by atoms with Crippen LogP contribution in [0.1, 0.15) is 48.9 Å². The van der Waals surface area contributed by atoms with Gasteiger partial charge in [0.1, 0.15) is 5.60 Å². The summed E-state index contributed by atoms with van der Waals surface area (Å²) in [5.41, 5.74) is -0.567. The van der Waals surface area contributed by atoms with Gasteiger partial charge in [0.2, 0.25) is 0 Å². The highest BCUT2D eigenvalue weighted by Gasteiger charge is 2.47. The maximum absolute atomic E-state index is 15.2. The summed E-state index contributed by atoms with van der Waals surface area (Å²) in [6, 6.07) is 2.24. The molecule has 1 aromatic heterocycles. The number of carbonyl (C=O) groups excluding carboxylic acids is 1. The number of rotatable bonds is 4. The number of aliphatic hydroxyl groups is 1. The van der Waals surface area contributed by atoms with Gasteiger partial charge in [0.15, 0.2) is 6.30 Å². The molecule has 1 aromatic rings. The lowest BCUT2D eigenvalue weighted by molar-refractivity contribution is -0.158. The van der Waals surface area contributed by atoms with Crippen LogP contribution in [0.25, 0.3) is 0 Å². The van der Waals surface area contributed by atoms with Crippen LogP contribution < -0.4 is 0 Å². The molecule has 0 radical (unpaired) electrons. The van der Waals surface area contributed by atoms with Gasteiger partial charge >= 0.3 is 0 Å². The molecule has 156 valence electrons. The van der Waals surface area contributed by atoms with Crippen molar-refractivity contribution in [2.45, 2.75) is 64.0 Å². The zero-order valence-corrected chi connectivity index (χ0v) is 17.9. The largest absolute Gasteiger partial charge is 0.381 e. The quantitative estimate of drug-likeness (QED) is 0.776. The van der Waals surface area contributed by atoms with E-state index < -0.39 is 17.5 Å². The topological polar surface area (TPSA) is 53.0 Å². The lowest BCUT2D eigenvalue weighted by Crippen LogP contribution is -2.60. The number of ether oxygens (including phenoxy) is 1. The summed E-state index contributed by atoms with van der Waals surface area (Å²) in [5.74, 6) is 0.0275. The highest BCUT2D eigenvalue weighted by molar-refractivity contribution is 7.12. The molecule has 2 atom stereocenters. The van der Waals surface area contributed by atoms with E-state index in [1.807, 2.05) is 16.2 Å². The van der Waals surface area contributed by atoms with Gasteiger partial charge in [-0.3, -0.25) is 9.69 Å². The van der Waals surface area contributed by atoms with Crippen molar-refractivity contribution in [3.63, 3.8) is 0 Å². The fraction of sp³-hybridized carbons (Fsp3) is 0.762. The summed E-state index contributed by atoms with van der Waals surface area (Å²) in [6.45, 7) is 8.40. The first-order valence-corrected chi connectivity index (χ1v) is 11.2. The van der Waals surface area contributed by atoms with Crippen molar-refractivity contribution < 1.29 is 19.0 Å². The summed E-state index contributed by atoms with van der Waals surface area (Å²) in [4.78, 5) is 18.4. The average molecular weight is 411 g/mol. The van der Waals surface area contributed by atoms with Gasteiger partial charge in [-0.15, -0.1) is 11.3 Å². The van der Waals surface area contributed by atoms with E-state index in [0.29, 0.717) is 39.2 Å². The molecule has 4 heterocycles. The molecule has 0 aromatic carbocycles. The molecule has 3 aliphatic rings. The lowest BCUT2D eigenvalue weighted by Gasteiger charge is -2.48. The molecule has 1 spiro atoms. The predicted molar refractivity (Wildman–Crippen MR) is 107 cm³/mol. The Morgan fingerprint density at radius 2 is 2.21 bits per heavy atom. The van der Waals surface area contributed by atoms with Crippen LogP contribution in [0.15, 0.2) is 6.07 Å². The van der Waals surface area contributed by atoms with E-state index in [9.17, 15) is 9.90 Å². The Kier molecular flexibility index (Phi) is 5.31. The Morgan fingerprint density at radius 1 is 1.46 bits per heavy atom. The number of alkyl halides is 1. The number of hydrogen-bond donors (Lipinski definition) is 1. The number of fused-ring (bicyclic) bond motifs is 2. The number of aryl methyl sites for hydroxylation is 1. The van der Waals surface area contributed by atoms with Crippen molar-refractivity contribution in [1.29, 1.82) is 0 Å². The second kappa shape index (κ2) is 7.35. The number of nitrogens with zero attached hydrogens (tertiary/aromatic N) is 2. The zero-order valence-electron chi connectivity index (χ0n) is 17.0. The van der Waals surface area contributed by atoms with E-state index in [-0.39, 0.29) is 11.8 Å². The molecule has 0 saturated carbocycles. The highest BCUT2D eigenvalue weighted by Crippen LogP contribution is 2.46. The van der Waals surface area contributed by atoms with Crippen molar-refractivity contribution >= 4 is 17.2 Å². The Morgan fingerprint density at radius 3 is 2.86 bits per heavy atom. The molecule has 4 rings (SSSR count). The van der Waals surface area contributed by atoms with Gasteiger partial charge in [0.05, 0.1) is 12.2 Å². The van der Waals surface area contributed by atoms with Crippen LogP contribution in [0.3, 0.4) is 0 Å². The second-order valence-corrected chi connectivity index (χ2v) is 10.2. The van der Waals surface area contributed by atoms with E-state index in [1.54, 1.807) is 4.90 Å². The van der Waals surface area contributed by atoms with Crippen molar-refractivity contribution in [3.8, 4) is 0 Å². The van der Waals surface area contributed by atoms with E-state index in [1.165, 1.54) is 29.2 Å². The van der Waals surface area contributed by atoms with Crippen LogP contribution in [0.4, 0.5) is 4.39 Å². The lowest BCUT2D eigenvalue weighted by atomic mass is 9.81. The van der Waals surface area contributed by atoms with Gasteiger partial charge in [-0.1, -0.05) is 6.92 Å². The first kappa shape index (κ1) is 20.3. The third-order valence-electron chi connectivity index (χ3n) is 6.36. The van der Waals surface area contributed by atoms with Crippen molar-refractivity contribution in [2.24, 2.45) is 5.92 Å². The molecule has 1 N–H and O–H groups in total. The summed E-state index contributed by atoms with van der Waals surface area (Å²) in [6.07, 6.45) is 2.14. The number of hydrogen-bond acceptors (Lipinski definition) is 5. The minimum atomic E-state index is -1.33. The molecule has 1 amide bonds. The molecule has 7 heteroatoms. The van der Waals surface area contributed by atoms with Gasteiger partial charge < -0.3 is 14.7 Å². The number of likely N-dealkylation sites (tertiary alicyclic amines) is 2. The van der Waals surface area contributed by atoms with Crippen LogP contribution in [0.2, 0.25) is 0 Å². The zero-order chi connectivity index (χ0) is 20.1. The van der Waals surface area contributed by atoms with Gasteiger partial charge in [-0.25, -0.2) is 4.39 Å². The van der Waals surface area contributed by atoms with E-state index in [4.69, 9.17) is 4.74 Å². The normalized spacial score (nSPS) is 29.0. The number of thiophene rings is 1. The minimum Gasteiger partial charge on any atom is -0.381 e. The van der Waals surface area contributed by atoms with Gasteiger partial charge in [-0.2, -0.15) is 0 Å². The highest BCUT2D eigenvalue weighted by atomic mass is 32.1. The van der Waals surface area contributed by atoms with Crippen molar-refractivity contribution in [2.75, 3.05) is 32.8 Å². The summed E-state index contributed by atoms with van der Waals surface area (Å²) >= 11 is 1.86. The molecule has 2 fully saturated rings. The molecular weight excluding hydrogens is 379 g/mol. The van der Waals surface area contributed by atoms with Gasteiger partial charge in [0.25, 0.3) is 5.91 Å².